The Hall–Kier alpha value is -4.41. The summed E-state index contributed by atoms with van der Waals surface area (Å²) < 4.78 is 52.5. The summed E-state index contributed by atoms with van der Waals surface area (Å²) in [6.45, 7) is 2.35. The highest BCUT2D eigenvalue weighted by Crippen LogP contribution is 2.37. The van der Waals surface area contributed by atoms with E-state index >= 15 is 0 Å². The van der Waals surface area contributed by atoms with Crippen LogP contribution in [0.15, 0.2) is 73.1 Å². The third kappa shape index (κ3) is 6.14. The highest BCUT2D eigenvalue weighted by atomic mass is 19.4. The molecule has 1 N–H and O–H groups in total. The van der Waals surface area contributed by atoms with Crippen molar-refractivity contribution in [3.8, 4) is 22.9 Å². The van der Waals surface area contributed by atoms with Crippen LogP contribution in [0.5, 0.6) is 17.2 Å². The zero-order chi connectivity index (χ0) is 24.8. The minimum absolute atomic E-state index is 0.0609. The average Bonchev–Trinajstić information content (AvgIpc) is 3.36. The molecule has 0 bridgehead atoms. The molecule has 1 heterocycles. The molecule has 1 aromatic heterocycles. The Labute approximate surface area is 198 Å². The van der Waals surface area contributed by atoms with E-state index in [-0.39, 0.29) is 17.9 Å². The molecule has 180 valence electrons. The lowest BCUT2D eigenvalue weighted by molar-refractivity contribution is -0.137. The van der Waals surface area contributed by atoms with Crippen molar-refractivity contribution in [2.75, 3.05) is 11.9 Å². The summed E-state index contributed by atoms with van der Waals surface area (Å²) in [5, 5.41) is 13.4. The van der Waals surface area contributed by atoms with Crippen molar-refractivity contribution < 1.29 is 27.4 Å². The number of carbonyl (C=O) groups is 1. The molecule has 0 saturated heterocycles. The number of nitrogens with one attached hydrogen (secondary N) is 1. The van der Waals surface area contributed by atoms with Crippen molar-refractivity contribution >= 4 is 11.6 Å². The zero-order valence-corrected chi connectivity index (χ0v) is 18.5. The van der Waals surface area contributed by atoms with E-state index in [0.29, 0.717) is 29.4 Å². The lowest BCUT2D eigenvalue weighted by Crippen LogP contribution is -2.16. The molecule has 3 aromatic carbocycles. The van der Waals surface area contributed by atoms with Crippen molar-refractivity contribution in [3.63, 3.8) is 0 Å². The Bertz CT molecular complexity index is 1280. The lowest BCUT2D eigenvalue weighted by Gasteiger charge is -2.15. The van der Waals surface area contributed by atoms with E-state index in [0.717, 1.165) is 12.1 Å². The average molecular weight is 483 g/mol. The van der Waals surface area contributed by atoms with Gasteiger partial charge in [-0.25, -0.2) is 4.68 Å². The highest BCUT2D eigenvalue weighted by molar-refractivity contribution is 5.94. The molecule has 0 atom stereocenters. The number of benzene rings is 3. The number of anilines is 1. The first-order chi connectivity index (χ1) is 16.8. The molecule has 0 aliphatic heterocycles. The molecule has 0 aliphatic carbocycles. The predicted molar refractivity (Wildman–Crippen MR) is 121 cm³/mol. The number of alkyl halides is 3. The van der Waals surface area contributed by atoms with Gasteiger partial charge in [-0.3, -0.25) is 4.79 Å². The normalized spacial score (nSPS) is 11.2. The third-order valence-corrected chi connectivity index (χ3v) is 4.86. The van der Waals surface area contributed by atoms with Crippen LogP contribution in [-0.4, -0.2) is 32.7 Å². The Morgan fingerprint density at radius 3 is 2.34 bits per heavy atom. The third-order valence-electron chi connectivity index (χ3n) is 4.86. The Kier molecular flexibility index (Phi) is 6.95. The van der Waals surface area contributed by atoms with Crippen molar-refractivity contribution in [1.29, 1.82) is 0 Å². The van der Waals surface area contributed by atoms with Crippen LogP contribution in [0.4, 0.5) is 18.9 Å². The summed E-state index contributed by atoms with van der Waals surface area (Å²) in [6, 6.07) is 16.4. The van der Waals surface area contributed by atoms with Crippen molar-refractivity contribution in [2.24, 2.45) is 0 Å². The molecule has 0 aliphatic rings. The van der Waals surface area contributed by atoms with Crippen LogP contribution in [0, 0.1) is 0 Å². The van der Waals surface area contributed by atoms with E-state index in [2.05, 4.69) is 20.8 Å². The Balaban J connectivity index is 1.51. The van der Waals surface area contributed by atoms with Gasteiger partial charge in [-0.05, 0) is 77.5 Å². The van der Waals surface area contributed by atoms with E-state index in [9.17, 15) is 18.0 Å². The topological polar surface area (TPSA) is 91.2 Å². The molecule has 1 amide bonds. The fourth-order valence-corrected chi connectivity index (χ4v) is 3.22. The van der Waals surface area contributed by atoms with Gasteiger partial charge in [-0.1, -0.05) is 12.1 Å². The molecule has 4 aromatic rings. The van der Waals surface area contributed by atoms with Gasteiger partial charge in [0, 0.05) is 0 Å². The summed E-state index contributed by atoms with van der Waals surface area (Å²) in [5.41, 5.74) is 0.352. The Morgan fingerprint density at radius 2 is 1.71 bits per heavy atom. The molecule has 0 radical (unpaired) electrons. The number of amides is 1. The van der Waals surface area contributed by atoms with Gasteiger partial charge in [0.2, 0.25) is 5.91 Å². The molecule has 0 spiro atoms. The summed E-state index contributed by atoms with van der Waals surface area (Å²) in [6.07, 6.45) is -3.21. The van der Waals surface area contributed by atoms with Gasteiger partial charge in [0.25, 0.3) is 0 Å². The van der Waals surface area contributed by atoms with E-state index in [1.54, 1.807) is 48.5 Å². The molecular weight excluding hydrogens is 463 g/mol. The highest BCUT2D eigenvalue weighted by Gasteiger charge is 2.31. The van der Waals surface area contributed by atoms with Gasteiger partial charge < -0.3 is 14.8 Å². The van der Waals surface area contributed by atoms with Gasteiger partial charge >= 0.3 is 6.18 Å². The standard InChI is InChI=1S/C24H20F3N5O3/c1-2-34-19-8-10-20(11-9-19)35-22-12-5-17(24(25,26)27)14-21(22)29-23(33)13-16-3-6-18(7-4-16)32-15-28-30-31-32/h3-12,14-15H,2,13H2,1H3,(H,29,33). The van der Waals surface area contributed by atoms with E-state index in [1.807, 2.05) is 6.92 Å². The summed E-state index contributed by atoms with van der Waals surface area (Å²) in [7, 11) is 0. The summed E-state index contributed by atoms with van der Waals surface area (Å²) >= 11 is 0. The van der Waals surface area contributed by atoms with Crippen LogP contribution in [0.2, 0.25) is 0 Å². The molecule has 0 fully saturated rings. The number of hydrogen-bond acceptors (Lipinski definition) is 6. The SMILES string of the molecule is CCOc1ccc(Oc2ccc(C(F)(F)F)cc2NC(=O)Cc2ccc(-n3cnnn3)cc2)cc1. The molecule has 11 heteroatoms. The second-order valence-corrected chi connectivity index (χ2v) is 7.36. The fraction of sp³-hybridized carbons (Fsp3) is 0.167. The number of carbonyl (C=O) groups excluding carboxylic acids is 1. The molecule has 4 rings (SSSR count). The maximum Gasteiger partial charge on any atom is 0.416 e. The van der Waals surface area contributed by atoms with Gasteiger partial charge in [-0.2, -0.15) is 13.2 Å². The van der Waals surface area contributed by atoms with Gasteiger partial charge in [0.15, 0.2) is 5.75 Å². The number of rotatable bonds is 8. The first kappa shape index (κ1) is 23.7. The second kappa shape index (κ2) is 10.2. The minimum Gasteiger partial charge on any atom is -0.494 e. The number of halogens is 3. The number of aromatic nitrogens is 4. The van der Waals surface area contributed by atoms with Crippen LogP contribution < -0.4 is 14.8 Å². The van der Waals surface area contributed by atoms with Crippen LogP contribution in [0.1, 0.15) is 18.1 Å². The number of hydrogen-bond donors (Lipinski definition) is 1. The van der Waals surface area contributed by atoms with Crippen LogP contribution in [0.3, 0.4) is 0 Å². The maximum atomic E-state index is 13.3. The quantitative estimate of drug-likeness (QED) is 0.377. The van der Waals surface area contributed by atoms with Gasteiger partial charge in [-0.15, -0.1) is 5.10 Å². The van der Waals surface area contributed by atoms with Crippen molar-refractivity contribution in [3.05, 3.63) is 84.2 Å². The number of nitrogens with zero attached hydrogens (tertiary/aromatic N) is 4. The monoisotopic (exact) mass is 483 g/mol. The fourth-order valence-electron chi connectivity index (χ4n) is 3.22. The first-order valence-corrected chi connectivity index (χ1v) is 10.6. The summed E-state index contributed by atoms with van der Waals surface area (Å²) in [5.74, 6) is 0.578. The van der Waals surface area contributed by atoms with Crippen LogP contribution in [0.25, 0.3) is 5.69 Å². The Morgan fingerprint density at radius 1 is 1.00 bits per heavy atom. The largest absolute Gasteiger partial charge is 0.494 e. The lowest BCUT2D eigenvalue weighted by atomic mass is 10.1. The number of ether oxygens (including phenoxy) is 2. The molecule has 0 saturated carbocycles. The van der Waals surface area contributed by atoms with Crippen LogP contribution in [-0.2, 0) is 17.4 Å². The first-order valence-electron chi connectivity index (χ1n) is 10.6. The van der Waals surface area contributed by atoms with E-state index < -0.39 is 17.6 Å². The predicted octanol–water partition coefficient (Wildman–Crippen LogP) is 5.05. The van der Waals surface area contributed by atoms with Crippen molar-refractivity contribution in [1.82, 2.24) is 20.2 Å². The maximum absolute atomic E-state index is 13.3. The second-order valence-electron chi connectivity index (χ2n) is 7.36. The van der Waals surface area contributed by atoms with Gasteiger partial charge in [0.1, 0.15) is 17.8 Å². The minimum atomic E-state index is -4.58. The zero-order valence-electron chi connectivity index (χ0n) is 18.5. The van der Waals surface area contributed by atoms with Crippen molar-refractivity contribution in [2.45, 2.75) is 19.5 Å². The number of tetrazole rings is 1. The van der Waals surface area contributed by atoms with Crippen LogP contribution >= 0.6 is 0 Å². The van der Waals surface area contributed by atoms with E-state index in [4.69, 9.17) is 9.47 Å². The smallest absolute Gasteiger partial charge is 0.416 e. The molecule has 8 nitrogen and oxygen atoms in total. The molecular formula is C24H20F3N5O3. The summed E-state index contributed by atoms with van der Waals surface area (Å²) in [4.78, 5) is 12.7. The molecule has 35 heavy (non-hydrogen) atoms. The molecule has 0 unspecified atom stereocenters. The van der Waals surface area contributed by atoms with E-state index in [1.165, 1.54) is 17.1 Å². The van der Waals surface area contributed by atoms with Gasteiger partial charge in [0.05, 0.1) is 30.0 Å².